The first kappa shape index (κ1) is 15.9. The van der Waals surface area contributed by atoms with Gasteiger partial charge in [-0.25, -0.2) is 22.9 Å². The normalized spacial score (nSPS) is 13.5. The zero-order chi connectivity index (χ0) is 16.6. The number of nitrogens with zero attached hydrogens (tertiary/aromatic N) is 2. The van der Waals surface area contributed by atoms with Crippen molar-refractivity contribution < 1.29 is 12.8 Å². The third-order valence-electron chi connectivity index (χ3n) is 3.53. The van der Waals surface area contributed by atoms with Gasteiger partial charge in [0.1, 0.15) is 5.01 Å². The summed E-state index contributed by atoms with van der Waals surface area (Å²) in [5.41, 5.74) is 0.781. The predicted octanol–water partition coefficient (Wildman–Crippen LogP) is 2.02. The van der Waals surface area contributed by atoms with E-state index in [4.69, 9.17) is 4.42 Å². The molecule has 0 aliphatic carbocycles. The molecule has 0 aliphatic rings. The van der Waals surface area contributed by atoms with Crippen molar-refractivity contribution in [3.63, 3.8) is 0 Å². The van der Waals surface area contributed by atoms with Gasteiger partial charge in [0.05, 0.1) is 16.5 Å². The summed E-state index contributed by atoms with van der Waals surface area (Å²) in [6.07, 6.45) is 2.23. The lowest BCUT2D eigenvalue weighted by molar-refractivity contribution is 0.528. The Morgan fingerprint density at radius 3 is 2.87 bits per heavy atom. The summed E-state index contributed by atoms with van der Waals surface area (Å²) in [5.74, 6) is -0.531. The molecule has 1 atom stereocenters. The van der Waals surface area contributed by atoms with Crippen LogP contribution in [0, 0.1) is 0 Å². The molecule has 0 radical (unpaired) electrons. The molecule has 0 unspecified atom stereocenters. The van der Waals surface area contributed by atoms with Crippen LogP contribution in [0.5, 0.6) is 0 Å². The fourth-order valence-electron chi connectivity index (χ4n) is 2.24. The number of nitrogens with one attached hydrogen (secondary N) is 1. The molecule has 2 aromatic heterocycles. The van der Waals surface area contributed by atoms with Gasteiger partial charge in [-0.15, -0.1) is 11.3 Å². The number of thiazole rings is 1. The second-order valence-electron chi connectivity index (χ2n) is 5.01. The Kier molecular flexibility index (Phi) is 4.09. The summed E-state index contributed by atoms with van der Waals surface area (Å²) in [5, 5.41) is 2.52. The van der Waals surface area contributed by atoms with Crippen molar-refractivity contribution in [3.8, 4) is 0 Å². The summed E-state index contributed by atoms with van der Waals surface area (Å²) in [7, 11) is -2.21. The molecule has 0 fully saturated rings. The highest BCUT2D eigenvalue weighted by atomic mass is 32.2. The molecule has 0 bridgehead atoms. The van der Waals surface area contributed by atoms with Crippen LogP contribution in [-0.4, -0.2) is 18.0 Å². The van der Waals surface area contributed by atoms with Crippen LogP contribution in [0.4, 0.5) is 0 Å². The smallest absolute Gasteiger partial charge is 0.408 e. The number of aromatic nitrogens is 2. The maximum absolute atomic E-state index is 12.6. The van der Waals surface area contributed by atoms with Gasteiger partial charge in [-0.3, -0.25) is 4.57 Å². The first-order valence-electron chi connectivity index (χ1n) is 6.93. The highest BCUT2D eigenvalue weighted by molar-refractivity contribution is 7.89. The van der Waals surface area contributed by atoms with Crippen molar-refractivity contribution in [1.29, 1.82) is 0 Å². The monoisotopic (exact) mass is 353 g/mol. The molecule has 122 valence electrons. The standard InChI is InChI=1S/C14H15N3O4S2/c1-3-10(13-15-6-7-22-13)16-23(19,20)9-4-5-12-11(8-9)17(2)14(18)21-12/h4-8,10,16H,3H2,1-2H3/t10-/m0/s1. The molecule has 3 aromatic rings. The molecule has 9 heteroatoms. The number of sulfonamides is 1. The van der Waals surface area contributed by atoms with Gasteiger partial charge in [0, 0.05) is 18.6 Å². The van der Waals surface area contributed by atoms with Crippen LogP contribution in [0.25, 0.3) is 11.1 Å². The van der Waals surface area contributed by atoms with E-state index in [0.29, 0.717) is 22.5 Å². The van der Waals surface area contributed by atoms with Crippen LogP contribution in [0.2, 0.25) is 0 Å². The molecule has 0 amide bonds. The molecule has 3 rings (SSSR count). The quantitative estimate of drug-likeness (QED) is 0.757. The fourth-order valence-corrected chi connectivity index (χ4v) is 4.39. The second kappa shape index (κ2) is 5.91. The second-order valence-corrected chi connectivity index (χ2v) is 7.65. The Morgan fingerprint density at radius 1 is 1.43 bits per heavy atom. The van der Waals surface area contributed by atoms with E-state index in [1.54, 1.807) is 11.6 Å². The summed E-state index contributed by atoms with van der Waals surface area (Å²) in [4.78, 5) is 15.7. The maximum atomic E-state index is 12.6. The van der Waals surface area contributed by atoms with Crippen LogP contribution in [0.15, 0.2) is 43.9 Å². The fraction of sp³-hybridized carbons (Fsp3) is 0.286. The first-order valence-corrected chi connectivity index (χ1v) is 9.30. The van der Waals surface area contributed by atoms with Crippen LogP contribution >= 0.6 is 11.3 Å². The zero-order valence-electron chi connectivity index (χ0n) is 12.5. The number of hydrogen-bond donors (Lipinski definition) is 1. The Morgan fingerprint density at radius 2 is 2.22 bits per heavy atom. The van der Waals surface area contributed by atoms with Crippen LogP contribution < -0.4 is 10.5 Å². The molecule has 1 N–H and O–H groups in total. The van der Waals surface area contributed by atoms with E-state index < -0.39 is 15.8 Å². The van der Waals surface area contributed by atoms with E-state index in [9.17, 15) is 13.2 Å². The van der Waals surface area contributed by atoms with Gasteiger partial charge >= 0.3 is 5.76 Å². The number of aryl methyl sites for hydroxylation is 1. The van der Waals surface area contributed by atoms with E-state index in [1.165, 1.54) is 41.2 Å². The molecule has 0 saturated heterocycles. The highest BCUT2D eigenvalue weighted by Crippen LogP contribution is 2.23. The molecule has 0 saturated carbocycles. The third kappa shape index (κ3) is 2.94. The molecule has 0 spiro atoms. The van der Waals surface area contributed by atoms with Crippen molar-refractivity contribution >= 4 is 32.5 Å². The molecule has 2 heterocycles. The van der Waals surface area contributed by atoms with Gasteiger partial charge in [0.15, 0.2) is 5.58 Å². The Balaban J connectivity index is 1.99. The lowest BCUT2D eigenvalue weighted by atomic mass is 10.3. The lowest BCUT2D eigenvalue weighted by Crippen LogP contribution is -2.28. The maximum Gasteiger partial charge on any atom is 0.419 e. The molecular weight excluding hydrogens is 338 g/mol. The van der Waals surface area contributed by atoms with Crippen molar-refractivity contribution in [2.75, 3.05) is 0 Å². The average molecular weight is 353 g/mol. The van der Waals surface area contributed by atoms with Crippen molar-refractivity contribution in [1.82, 2.24) is 14.3 Å². The summed E-state index contributed by atoms with van der Waals surface area (Å²) in [6.45, 7) is 1.89. The zero-order valence-corrected chi connectivity index (χ0v) is 14.1. The lowest BCUT2D eigenvalue weighted by Gasteiger charge is -2.14. The largest absolute Gasteiger partial charge is 0.419 e. The van der Waals surface area contributed by atoms with Gasteiger partial charge in [-0.2, -0.15) is 0 Å². The van der Waals surface area contributed by atoms with Crippen LogP contribution in [0.1, 0.15) is 24.4 Å². The van der Waals surface area contributed by atoms with E-state index in [-0.39, 0.29) is 10.9 Å². The molecule has 7 nitrogen and oxygen atoms in total. The molecule has 1 aromatic carbocycles. The van der Waals surface area contributed by atoms with Crippen LogP contribution in [-0.2, 0) is 17.1 Å². The summed E-state index contributed by atoms with van der Waals surface area (Å²) in [6, 6.07) is 3.94. The van der Waals surface area contributed by atoms with E-state index >= 15 is 0 Å². The van der Waals surface area contributed by atoms with Gasteiger partial charge in [0.25, 0.3) is 0 Å². The van der Waals surface area contributed by atoms with Crippen molar-refractivity contribution in [2.24, 2.45) is 7.05 Å². The predicted molar refractivity (Wildman–Crippen MR) is 86.9 cm³/mol. The number of oxazole rings is 1. The summed E-state index contributed by atoms with van der Waals surface area (Å²) < 4.78 is 34.1. The third-order valence-corrected chi connectivity index (χ3v) is 5.89. The minimum atomic E-state index is -3.74. The highest BCUT2D eigenvalue weighted by Gasteiger charge is 2.23. The van der Waals surface area contributed by atoms with Gasteiger partial charge in [0.2, 0.25) is 10.0 Å². The molecular formula is C14H15N3O4S2. The Bertz CT molecular complexity index is 987. The van der Waals surface area contributed by atoms with E-state index in [1.807, 2.05) is 6.92 Å². The number of fused-ring (bicyclic) bond motifs is 1. The SMILES string of the molecule is CC[C@H](NS(=O)(=O)c1ccc2oc(=O)n(C)c2c1)c1nccs1. The summed E-state index contributed by atoms with van der Waals surface area (Å²) >= 11 is 1.40. The molecule has 0 aliphatic heterocycles. The minimum absolute atomic E-state index is 0.0800. The van der Waals surface area contributed by atoms with Gasteiger partial charge in [-0.1, -0.05) is 6.92 Å². The Hall–Kier alpha value is -1.97. The molecule has 23 heavy (non-hydrogen) atoms. The number of hydrogen-bond acceptors (Lipinski definition) is 6. The van der Waals surface area contributed by atoms with Gasteiger partial charge in [-0.05, 0) is 24.6 Å². The van der Waals surface area contributed by atoms with E-state index in [2.05, 4.69) is 9.71 Å². The van der Waals surface area contributed by atoms with Gasteiger partial charge < -0.3 is 4.42 Å². The topological polar surface area (TPSA) is 94.2 Å². The van der Waals surface area contributed by atoms with Crippen LogP contribution in [0.3, 0.4) is 0 Å². The number of benzene rings is 1. The first-order chi connectivity index (χ1) is 10.9. The van der Waals surface area contributed by atoms with E-state index in [0.717, 1.165) is 0 Å². The van der Waals surface area contributed by atoms with Crippen molar-refractivity contribution in [3.05, 3.63) is 45.3 Å². The minimum Gasteiger partial charge on any atom is -0.408 e. The number of rotatable bonds is 5. The average Bonchev–Trinajstić information content (AvgIpc) is 3.14. The van der Waals surface area contributed by atoms with Crippen molar-refractivity contribution in [2.45, 2.75) is 24.3 Å². The Labute approximate surface area is 136 Å².